The average molecular weight is 411 g/mol. The predicted molar refractivity (Wildman–Crippen MR) is 108 cm³/mol. The summed E-state index contributed by atoms with van der Waals surface area (Å²) >= 11 is 0. The number of rotatable bonds is 3. The van der Waals surface area contributed by atoms with Crippen molar-refractivity contribution in [2.45, 2.75) is 50.2 Å². The van der Waals surface area contributed by atoms with Crippen LogP contribution in [0.15, 0.2) is 40.2 Å². The van der Waals surface area contributed by atoms with Crippen molar-refractivity contribution in [2.75, 3.05) is 0 Å². The Morgan fingerprint density at radius 1 is 1.17 bits per heavy atom. The molecule has 2 bridgehead atoms. The number of hydrogen-bond acceptors (Lipinski definition) is 4. The van der Waals surface area contributed by atoms with Crippen LogP contribution in [0.5, 0.6) is 0 Å². The Morgan fingerprint density at radius 2 is 1.83 bits per heavy atom. The minimum atomic E-state index is -0.545. The minimum absolute atomic E-state index is 0.00595. The highest BCUT2D eigenvalue weighted by Gasteiger charge is 2.43. The summed E-state index contributed by atoms with van der Waals surface area (Å²) in [7, 11) is 1.53. The van der Waals surface area contributed by atoms with Gasteiger partial charge in [-0.1, -0.05) is 12.1 Å². The molecule has 2 aliphatic rings. The summed E-state index contributed by atoms with van der Waals surface area (Å²) in [6.45, 7) is 0.00595. The number of fused-ring (bicyclic) bond motifs is 3. The van der Waals surface area contributed by atoms with Gasteiger partial charge in [0.15, 0.2) is 11.2 Å². The lowest BCUT2D eigenvalue weighted by Gasteiger charge is -2.39. The normalized spacial score (nSPS) is 23.3. The Hall–Kier alpha value is -3.23. The molecule has 2 fully saturated rings. The van der Waals surface area contributed by atoms with E-state index < -0.39 is 11.2 Å². The lowest BCUT2D eigenvalue weighted by atomic mass is 9.85. The molecule has 156 valence electrons. The van der Waals surface area contributed by atoms with E-state index in [-0.39, 0.29) is 41.5 Å². The van der Waals surface area contributed by atoms with Crippen LogP contribution in [0.4, 0.5) is 4.39 Å². The number of aryl methyl sites for hydroxylation is 1. The summed E-state index contributed by atoms with van der Waals surface area (Å²) in [4.78, 5) is 45.6. The smallest absolute Gasteiger partial charge is 0.329 e. The molecule has 9 heteroatoms. The number of hydrogen-bond donors (Lipinski definition) is 1. The van der Waals surface area contributed by atoms with Gasteiger partial charge < -0.3 is 9.47 Å². The molecule has 1 N–H and O–H groups in total. The van der Waals surface area contributed by atoms with Crippen LogP contribution < -0.4 is 11.2 Å². The van der Waals surface area contributed by atoms with Crippen molar-refractivity contribution in [2.24, 2.45) is 7.05 Å². The van der Waals surface area contributed by atoms with E-state index in [0.717, 1.165) is 31.2 Å². The van der Waals surface area contributed by atoms with E-state index in [1.54, 1.807) is 0 Å². The Bertz CT molecular complexity index is 1230. The molecular weight excluding hydrogens is 389 g/mol. The van der Waals surface area contributed by atoms with Crippen LogP contribution in [-0.2, 0) is 18.4 Å². The maximum absolute atomic E-state index is 13.3. The first kappa shape index (κ1) is 18.8. The van der Waals surface area contributed by atoms with Gasteiger partial charge in [-0.05, 0) is 49.3 Å². The highest BCUT2D eigenvalue weighted by atomic mass is 19.1. The second kappa shape index (κ2) is 6.93. The number of aromatic amines is 1. The zero-order valence-corrected chi connectivity index (χ0v) is 16.5. The Morgan fingerprint density at radius 3 is 2.50 bits per heavy atom. The molecule has 0 radical (unpaired) electrons. The first-order valence-corrected chi connectivity index (χ1v) is 10.1. The van der Waals surface area contributed by atoms with Gasteiger partial charge >= 0.3 is 5.69 Å². The molecule has 3 aromatic rings. The van der Waals surface area contributed by atoms with Crippen LogP contribution in [0.1, 0.15) is 37.2 Å². The summed E-state index contributed by atoms with van der Waals surface area (Å²) in [6.07, 6.45) is 5.05. The topological polar surface area (TPSA) is 93.0 Å². The number of piperidine rings is 1. The third-order valence-corrected chi connectivity index (χ3v) is 6.54. The van der Waals surface area contributed by atoms with Gasteiger partial charge in [0, 0.05) is 19.1 Å². The number of aromatic nitrogens is 4. The monoisotopic (exact) mass is 411 g/mol. The molecule has 1 amide bonds. The molecule has 2 aromatic heterocycles. The molecule has 0 spiro atoms. The van der Waals surface area contributed by atoms with Crippen LogP contribution in [0.2, 0.25) is 0 Å². The number of H-pyrrole nitrogens is 1. The van der Waals surface area contributed by atoms with Crippen LogP contribution in [0, 0.1) is 5.82 Å². The molecule has 8 nitrogen and oxygen atoms in total. The molecule has 2 atom stereocenters. The maximum Gasteiger partial charge on any atom is 0.329 e. The average Bonchev–Trinajstić information content (AvgIpc) is 3.25. The Kier molecular flexibility index (Phi) is 4.34. The number of imidazole rings is 1. The summed E-state index contributed by atoms with van der Waals surface area (Å²) in [6, 6.07) is 6.94. The van der Waals surface area contributed by atoms with E-state index in [1.165, 1.54) is 34.6 Å². The van der Waals surface area contributed by atoms with Crippen molar-refractivity contribution in [1.29, 1.82) is 0 Å². The van der Waals surface area contributed by atoms with Crippen molar-refractivity contribution >= 4 is 17.1 Å². The van der Waals surface area contributed by atoms with Gasteiger partial charge in [0.2, 0.25) is 5.91 Å². The summed E-state index contributed by atoms with van der Waals surface area (Å²) in [5.41, 5.74) is 0.517. The van der Waals surface area contributed by atoms with Gasteiger partial charge in [-0.15, -0.1) is 0 Å². The van der Waals surface area contributed by atoms with E-state index in [4.69, 9.17) is 0 Å². The number of halogens is 1. The largest absolute Gasteiger partial charge is 0.335 e. The fourth-order valence-corrected chi connectivity index (χ4v) is 5.12. The molecule has 2 aliphatic heterocycles. The standard InChI is InChI=1S/C21H22FN5O3/c1-25-19-18(20(29)24-21(25)30)26(11-23-19)10-17(28)27-15-6-7-16(27)9-13(8-15)12-2-4-14(22)5-3-12/h2-5,11,13,15-16H,6-10H2,1H3,(H,24,29,30)/t15-,16-/m0/s1. The van der Waals surface area contributed by atoms with Gasteiger partial charge in [0.05, 0.1) is 6.33 Å². The number of nitrogens with zero attached hydrogens (tertiary/aromatic N) is 4. The van der Waals surface area contributed by atoms with Crippen molar-refractivity contribution in [1.82, 2.24) is 24.0 Å². The molecule has 0 unspecified atom stereocenters. The molecule has 30 heavy (non-hydrogen) atoms. The van der Waals surface area contributed by atoms with Gasteiger partial charge in [-0.25, -0.2) is 14.2 Å². The zero-order valence-electron chi connectivity index (χ0n) is 16.5. The summed E-state index contributed by atoms with van der Waals surface area (Å²) in [5.74, 6) is 0.0283. The van der Waals surface area contributed by atoms with Crippen molar-refractivity contribution in [3.63, 3.8) is 0 Å². The number of benzene rings is 1. The van der Waals surface area contributed by atoms with Crippen LogP contribution in [0.25, 0.3) is 11.2 Å². The maximum atomic E-state index is 13.3. The summed E-state index contributed by atoms with van der Waals surface area (Å²) < 4.78 is 16.0. The highest BCUT2D eigenvalue weighted by Crippen LogP contribution is 2.43. The minimum Gasteiger partial charge on any atom is -0.335 e. The van der Waals surface area contributed by atoms with E-state index in [1.807, 2.05) is 17.0 Å². The highest BCUT2D eigenvalue weighted by molar-refractivity contribution is 5.80. The Labute approximate surface area is 171 Å². The van der Waals surface area contributed by atoms with Gasteiger partial charge in [-0.2, -0.15) is 0 Å². The van der Waals surface area contributed by atoms with Crippen molar-refractivity contribution in [3.05, 3.63) is 62.8 Å². The third kappa shape index (κ3) is 2.96. The second-order valence-electron chi connectivity index (χ2n) is 8.27. The quantitative estimate of drug-likeness (QED) is 0.707. The van der Waals surface area contributed by atoms with Crippen LogP contribution in [0.3, 0.4) is 0 Å². The SMILES string of the molecule is Cn1c(=O)[nH]c(=O)c2c1ncn2CC(=O)N1[C@H]2CC[C@H]1CC(c1ccc(F)cc1)C2. The lowest BCUT2D eigenvalue weighted by Crippen LogP contribution is -2.47. The van der Waals surface area contributed by atoms with Gasteiger partial charge in [0.1, 0.15) is 12.4 Å². The fraction of sp³-hybridized carbons (Fsp3) is 0.429. The number of amides is 1. The molecule has 2 saturated heterocycles. The predicted octanol–water partition coefficient (Wildman–Crippen LogP) is 1.50. The number of carbonyl (C=O) groups excluding carboxylic acids is 1. The molecular formula is C21H22FN5O3. The van der Waals surface area contributed by atoms with E-state index >= 15 is 0 Å². The van der Waals surface area contributed by atoms with Crippen LogP contribution >= 0.6 is 0 Å². The summed E-state index contributed by atoms with van der Waals surface area (Å²) in [5, 5.41) is 0. The molecule has 1 aromatic carbocycles. The van der Waals surface area contributed by atoms with E-state index in [2.05, 4.69) is 9.97 Å². The molecule has 0 aliphatic carbocycles. The molecule has 5 rings (SSSR count). The first-order chi connectivity index (χ1) is 14.4. The number of nitrogens with one attached hydrogen (secondary N) is 1. The number of carbonyl (C=O) groups is 1. The third-order valence-electron chi connectivity index (χ3n) is 6.54. The lowest BCUT2D eigenvalue weighted by molar-refractivity contribution is -0.136. The molecule has 4 heterocycles. The van der Waals surface area contributed by atoms with Crippen molar-refractivity contribution in [3.8, 4) is 0 Å². The molecule has 0 saturated carbocycles. The van der Waals surface area contributed by atoms with Crippen molar-refractivity contribution < 1.29 is 9.18 Å². The Balaban J connectivity index is 1.38. The zero-order chi connectivity index (χ0) is 21.0. The van der Waals surface area contributed by atoms with E-state index in [9.17, 15) is 18.8 Å². The van der Waals surface area contributed by atoms with Gasteiger partial charge in [-0.3, -0.25) is 19.1 Å². The van der Waals surface area contributed by atoms with Gasteiger partial charge in [0.25, 0.3) is 5.56 Å². The van der Waals surface area contributed by atoms with E-state index in [0.29, 0.717) is 5.92 Å². The second-order valence-corrected chi connectivity index (χ2v) is 8.27. The fourth-order valence-electron chi connectivity index (χ4n) is 5.12. The first-order valence-electron chi connectivity index (χ1n) is 10.1. The van der Waals surface area contributed by atoms with Crippen LogP contribution in [-0.4, -0.2) is 42.0 Å².